The number of amides is 1. The fourth-order valence-corrected chi connectivity index (χ4v) is 2.68. The number of halogens is 2. The monoisotopic (exact) mass is 356 g/mol. The van der Waals surface area contributed by atoms with Gasteiger partial charge in [0.05, 0.1) is 21.4 Å². The Morgan fingerprint density at radius 2 is 1.46 bits per heavy atom. The summed E-state index contributed by atoms with van der Waals surface area (Å²) in [4.78, 5) is 12.4. The molecule has 0 spiro atoms. The molecule has 0 aliphatic carbocycles. The van der Waals surface area contributed by atoms with Crippen molar-refractivity contribution in [2.24, 2.45) is 0 Å². The maximum absolute atomic E-state index is 12.4. The van der Waals surface area contributed by atoms with Gasteiger partial charge in [-0.25, -0.2) is 0 Å². The Balaban J connectivity index is 1.80. The molecule has 0 radical (unpaired) electrons. The van der Waals surface area contributed by atoms with Crippen LogP contribution in [0.4, 0.5) is 11.4 Å². The molecule has 0 unspecified atom stereocenters. The Kier molecular flexibility index (Phi) is 4.74. The lowest BCUT2D eigenvalue weighted by Gasteiger charge is -2.10. The molecule has 3 aromatic rings. The molecule has 5 heteroatoms. The first-order valence-corrected chi connectivity index (χ1v) is 8.01. The Hall–Kier alpha value is -2.49. The van der Waals surface area contributed by atoms with Crippen LogP contribution in [0.25, 0.3) is 11.1 Å². The summed E-state index contributed by atoms with van der Waals surface area (Å²) in [5.41, 5.74) is 9.13. The van der Waals surface area contributed by atoms with Crippen molar-refractivity contribution in [2.45, 2.75) is 0 Å². The summed E-state index contributed by atoms with van der Waals surface area (Å²) in [6.07, 6.45) is 0. The van der Waals surface area contributed by atoms with Crippen molar-refractivity contribution in [3.8, 4) is 11.1 Å². The highest BCUT2D eigenvalue weighted by Gasteiger charge is 2.11. The number of nitrogen functional groups attached to an aromatic ring is 1. The summed E-state index contributed by atoms with van der Waals surface area (Å²) in [6.45, 7) is 0. The van der Waals surface area contributed by atoms with Gasteiger partial charge in [-0.2, -0.15) is 0 Å². The van der Waals surface area contributed by atoms with E-state index in [1.165, 1.54) is 12.1 Å². The van der Waals surface area contributed by atoms with Crippen LogP contribution in [-0.2, 0) is 0 Å². The largest absolute Gasteiger partial charge is 0.397 e. The minimum absolute atomic E-state index is 0.266. The van der Waals surface area contributed by atoms with Crippen LogP contribution in [-0.4, -0.2) is 5.91 Å². The molecular weight excluding hydrogens is 343 g/mol. The van der Waals surface area contributed by atoms with Crippen LogP contribution in [0.15, 0.2) is 66.7 Å². The van der Waals surface area contributed by atoms with E-state index in [1.54, 1.807) is 12.1 Å². The van der Waals surface area contributed by atoms with Gasteiger partial charge in [0.2, 0.25) is 0 Å². The molecule has 0 saturated carbocycles. The number of benzene rings is 3. The molecule has 0 aliphatic rings. The van der Waals surface area contributed by atoms with Crippen molar-refractivity contribution in [1.29, 1.82) is 0 Å². The number of hydrogen-bond acceptors (Lipinski definition) is 2. The molecule has 3 rings (SSSR count). The van der Waals surface area contributed by atoms with Crippen LogP contribution >= 0.6 is 23.2 Å². The van der Waals surface area contributed by atoms with Crippen LogP contribution in [0.2, 0.25) is 10.0 Å². The summed E-state index contributed by atoms with van der Waals surface area (Å²) in [5, 5.41) is 3.42. The predicted molar refractivity (Wildman–Crippen MR) is 101 cm³/mol. The van der Waals surface area contributed by atoms with E-state index in [0.717, 1.165) is 11.1 Å². The fraction of sp³-hybridized carbons (Fsp3) is 0. The van der Waals surface area contributed by atoms with E-state index in [2.05, 4.69) is 5.32 Å². The minimum Gasteiger partial charge on any atom is -0.397 e. The first kappa shape index (κ1) is 16.4. The standard InChI is InChI=1S/C19H14Cl2N2O/c20-15-11-18(16(21)10-17(15)22)23-19(24)14-8-6-13(7-9-14)12-4-2-1-3-5-12/h1-11H,22H2,(H,23,24). The van der Waals surface area contributed by atoms with Crippen LogP contribution < -0.4 is 11.1 Å². The zero-order valence-corrected chi connectivity index (χ0v) is 14.1. The zero-order chi connectivity index (χ0) is 17.1. The third kappa shape index (κ3) is 3.53. The molecular formula is C19H14Cl2N2O. The van der Waals surface area contributed by atoms with Crippen LogP contribution in [0.1, 0.15) is 10.4 Å². The quantitative estimate of drug-likeness (QED) is 0.609. The molecule has 120 valence electrons. The Labute approximate surface area is 150 Å². The molecule has 3 N–H and O–H groups in total. The molecule has 3 aromatic carbocycles. The molecule has 0 aliphatic heterocycles. The number of anilines is 2. The summed E-state index contributed by atoms with van der Waals surface area (Å²) in [6, 6.07) is 20.3. The molecule has 0 fully saturated rings. The molecule has 0 saturated heterocycles. The first-order valence-electron chi connectivity index (χ1n) is 7.26. The average molecular weight is 357 g/mol. The molecule has 3 nitrogen and oxygen atoms in total. The molecule has 0 bridgehead atoms. The molecule has 1 amide bonds. The zero-order valence-electron chi connectivity index (χ0n) is 12.6. The van der Waals surface area contributed by atoms with Gasteiger partial charge in [0, 0.05) is 5.56 Å². The smallest absolute Gasteiger partial charge is 0.255 e. The van der Waals surface area contributed by atoms with Crippen molar-refractivity contribution in [3.05, 3.63) is 82.3 Å². The lowest BCUT2D eigenvalue weighted by molar-refractivity contribution is 0.102. The second-order valence-electron chi connectivity index (χ2n) is 5.25. The second kappa shape index (κ2) is 6.95. The number of carbonyl (C=O) groups is 1. The number of nitrogens with two attached hydrogens (primary N) is 1. The minimum atomic E-state index is -0.266. The maximum atomic E-state index is 12.4. The highest BCUT2D eigenvalue weighted by molar-refractivity contribution is 6.37. The van der Waals surface area contributed by atoms with Crippen LogP contribution in [0.5, 0.6) is 0 Å². The molecule has 0 heterocycles. The second-order valence-corrected chi connectivity index (χ2v) is 6.07. The van der Waals surface area contributed by atoms with E-state index < -0.39 is 0 Å². The first-order chi connectivity index (χ1) is 11.5. The Morgan fingerprint density at radius 1 is 0.833 bits per heavy atom. The summed E-state index contributed by atoms with van der Waals surface area (Å²) >= 11 is 12.1. The van der Waals surface area contributed by atoms with E-state index in [-0.39, 0.29) is 5.91 Å². The van der Waals surface area contributed by atoms with E-state index in [0.29, 0.717) is 27.0 Å². The van der Waals surface area contributed by atoms with Crippen molar-refractivity contribution in [1.82, 2.24) is 0 Å². The van der Waals surface area contributed by atoms with Gasteiger partial charge in [-0.05, 0) is 35.4 Å². The lowest BCUT2D eigenvalue weighted by atomic mass is 10.0. The van der Waals surface area contributed by atoms with E-state index in [4.69, 9.17) is 28.9 Å². The van der Waals surface area contributed by atoms with Gasteiger partial charge >= 0.3 is 0 Å². The maximum Gasteiger partial charge on any atom is 0.255 e. The van der Waals surface area contributed by atoms with Gasteiger partial charge in [0.25, 0.3) is 5.91 Å². The van der Waals surface area contributed by atoms with Crippen molar-refractivity contribution in [3.63, 3.8) is 0 Å². The SMILES string of the molecule is Nc1cc(Cl)c(NC(=O)c2ccc(-c3ccccc3)cc2)cc1Cl. The van der Waals surface area contributed by atoms with Crippen molar-refractivity contribution in [2.75, 3.05) is 11.1 Å². The summed E-state index contributed by atoms with van der Waals surface area (Å²) < 4.78 is 0. The predicted octanol–water partition coefficient (Wildman–Crippen LogP) is 5.49. The number of rotatable bonds is 3. The number of carbonyl (C=O) groups excluding carboxylic acids is 1. The van der Waals surface area contributed by atoms with Crippen molar-refractivity contribution >= 4 is 40.5 Å². The normalized spacial score (nSPS) is 10.4. The van der Waals surface area contributed by atoms with E-state index in [1.807, 2.05) is 42.5 Å². The van der Waals surface area contributed by atoms with Gasteiger partial charge in [-0.1, -0.05) is 65.7 Å². The fourth-order valence-electron chi connectivity index (χ4n) is 2.30. The number of hydrogen-bond donors (Lipinski definition) is 2. The highest BCUT2D eigenvalue weighted by Crippen LogP contribution is 2.31. The van der Waals surface area contributed by atoms with Gasteiger partial charge < -0.3 is 11.1 Å². The van der Waals surface area contributed by atoms with E-state index >= 15 is 0 Å². The van der Waals surface area contributed by atoms with Gasteiger partial charge in [0.15, 0.2) is 0 Å². The van der Waals surface area contributed by atoms with Crippen LogP contribution in [0, 0.1) is 0 Å². The van der Waals surface area contributed by atoms with Crippen LogP contribution in [0.3, 0.4) is 0 Å². The van der Waals surface area contributed by atoms with Gasteiger partial charge in [-0.3, -0.25) is 4.79 Å². The number of nitrogens with one attached hydrogen (secondary N) is 1. The summed E-state index contributed by atoms with van der Waals surface area (Å²) in [5.74, 6) is -0.266. The molecule has 0 aromatic heterocycles. The molecule has 0 atom stereocenters. The third-order valence-electron chi connectivity index (χ3n) is 3.59. The average Bonchev–Trinajstić information content (AvgIpc) is 2.60. The highest BCUT2D eigenvalue weighted by atomic mass is 35.5. The van der Waals surface area contributed by atoms with Crippen molar-refractivity contribution < 1.29 is 4.79 Å². The Bertz CT molecular complexity index is 878. The summed E-state index contributed by atoms with van der Waals surface area (Å²) in [7, 11) is 0. The topological polar surface area (TPSA) is 55.1 Å². The van der Waals surface area contributed by atoms with Gasteiger partial charge in [0.1, 0.15) is 0 Å². The Morgan fingerprint density at radius 3 is 2.12 bits per heavy atom. The lowest BCUT2D eigenvalue weighted by Crippen LogP contribution is -2.12. The molecule has 24 heavy (non-hydrogen) atoms. The third-order valence-corrected chi connectivity index (χ3v) is 4.23. The van der Waals surface area contributed by atoms with E-state index in [9.17, 15) is 4.79 Å². The van der Waals surface area contributed by atoms with Gasteiger partial charge in [-0.15, -0.1) is 0 Å².